The van der Waals surface area contributed by atoms with Gasteiger partial charge in [0.15, 0.2) is 5.60 Å². The van der Waals surface area contributed by atoms with Crippen LogP contribution in [-0.2, 0) is 9.47 Å². The van der Waals surface area contributed by atoms with Crippen molar-refractivity contribution in [1.29, 1.82) is 0 Å². The van der Waals surface area contributed by atoms with E-state index in [0.717, 1.165) is 25.7 Å². The monoisotopic (exact) mass is 436 g/mol. The van der Waals surface area contributed by atoms with Gasteiger partial charge < -0.3 is 30.0 Å². The molecule has 0 spiro atoms. The second-order valence-corrected chi connectivity index (χ2v) is 7.69. The van der Waals surface area contributed by atoms with Gasteiger partial charge in [-0.05, 0) is 36.9 Å². The second kappa shape index (κ2) is 9.51. The quantitative estimate of drug-likeness (QED) is 0.236. The predicted octanol–water partition coefficient (Wildman–Crippen LogP) is 3.21. The molecule has 3 atom stereocenters. The van der Waals surface area contributed by atoms with Gasteiger partial charge in [-0.25, -0.2) is 9.78 Å². The topological polar surface area (TPSA) is 133 Å². The minimum Gasteiger partial charge on any atom is -0.450 e. The molecule has 1 aliphatic heterocycles. The van der Waals surface area contributed by atoms with E-state index in [1.54, 1.807) is 12.3 Å². The lowest BCUT2D eigenvalue weighted by Gasteiger charge is -2.27. The molecule has 4 N–H and O–H groups in total. The number of carboxylic acid groups (broad SMARTS) is 1. The molecule has 3 heterocycles. The number of fused-ring (bicyclic) bond motifs is 1. The Bertz CT molecular complexity index is 943. The number of carbonyl (C=O) groups is 1. The Kier molecular flexibility index (Phi) is 7.02. The van der Waals surface area contributed by atoms with Crippen molar-refractivity contribution in [2.45, 2.75) is 50.4 Å². The van der Waals surface area contributed by atoms with Crippen LogP contribution in [0.5, 0.6) is 0 Å². The molecule has 0 aromatic carbocycles. The Morgan fingerprint density at radius 3 is 2.90 bits per heavy atom. The first-order valence-corrected chi connectivity index (χ1v) is 10.2. The minimum atomic E-state index is -1.25. The number of hydrogen-bond donors (Lipinski definition) is 3. The average Bonchev–Trinajstić information content (AvgIpc) is 3.28. The van der Waals surface area contributed by atoms with Gasteiger partial charge >= 0.3 is 6.16 Å². The number of nitrogens with zero attached hydrogens (tertiary/aromatic N) is 3. The Hall–Kier alpha value is -2.54. The van der Waals surface area contributed by atoms with Crippen molar-refractivity contribution in [1.82, 2.24) is 14.5 Å². The van der Waals surface area contributed by atoms with Crippen LogP contribution in [0.2, 0.25) is 5.28 Å². The van der Waals surface area contributed by atoms with Crippen LogP contribution in [0.4, 0.5) is 10.6 Å². The van der Waals surface area contributed by atoms with E-state index in [2.05, 4.69) is 20.6 Å². The third-order valence-electron chi connectivity index (χ3n) is 5.53. The van der Waals surface area contributed by atoms with E-state index in [-0.39, 0.29) is 30.2 Å². The molecule has 3 rings (SSSR count). The molecule has 10 heteroatoms. The molecule has 1 saturated heterocycles. The summed E-state index contributed by atoms with van der Waals surface area (Å²) in [6.45, 7) is -0.0860. The maximum absolute atomic E-state index is 10.3. The van der Waals surface area contributed by atoms with E-state index in [4.69, 9.17) is 33.6 Å². The van der Waals surface area contributed by atoms with Crippen molar-refractivity contribution in [3.8, 4) is 12.3 Å². The lowest BCUT2D eigenvalue weighted by atomic mass is 9.84. The molecule has 1 fully saturated rings. The van der Waals surface area contributed by atoms with E-state index in [1.165, 1.54) is 0 Å². The van der Waals surface area contributed by atoms with Gasteiger partial charge in [-0.2, -0.15) is 4.98 Å². The molecule has 1 aliphatic rings. The van der Waals surface area contributed by atoms with Crippen LogP contribution in [-0.4, -0.2) is 49.7 Å². The van der Waals surface area contributed by atoms with Gasteiger partial charge in [0.1, 0.15) is 17.7 Å². The van der Waals surface area contributed by atoms with Crippen LogP contribution in [0, 0.1) is 18.3 Å². The fourth-order valence-electron chi connectivity index (χ4n) is 3.97. The highest BCUT2D eigenvalue weighted by molar-refractivity contribution is 6.28. The van der Waals surface area contributed by atoms with Crippen molar-refractivity contribution in [2.24, 2.45) is 5.92 Å². The summed E-state index contributed by atoms with van der Waals surface area (Å²) in [5.74, 6) is 2.91. The number of ether oxygens (including phenoxy) is 2. The molecular formula is C20H25ClN4O5. The van der Waals surface area contributed by atoms with Crippen LogP contribution in [0.15, 0.2) is 12.3 Å². The zero-order chi connectivity index (χ0) is 21.7. The molecule has 2 aromatic rings. The molecular weight excluding hydrogens is 412 g/mol. The van der Waals surface area contributed by atoms with Crippen LogP contribution in [0.1, 0.15) is 44.8 Å². The van der Waals surface area contributed by atoms with E-state index >= 15 is 0 Å². The van der Waals surface area contributed by atoms with Gasteiger partial charge in [-0.3, -0.25) is 0 Å². The van der Waals surface area contributed by atoms with Crippen LogP contribution in [0.3, 0.4) is 0 Å². The molecule has 30 heavy (non-hydrogen) atoms. The van der Waals surface area contributed by atoms with Crippen molar-refractivity contribution < 1.29 is 24.5 Å². The number of aliphatic hydroxyl groups excluding tert-OH is 1. The number of halogens is 1. The van der Waals surface area contributed by atoms with Gasteiger partial charge in [-0.1, -0.05) is 25.2 Å². The number of hydrogen-bond acceptors (Lipinski definition) is 7. The highest BCUT2D eigenvalue weighted by Crippen LogP contribution is 2.44. The lowest BCUT2D eigenvalue weighted by Crippen LogP contribution is -2.38. The van der Waals surface area contributed by atoms with Crippen molar-refractivity contribution in [2.75, 3.05) is 18.9 Å². The summed E-state index contributed by atoms with van der Waals surface area (Å²) in [6, 6.07) is 1.80. The SMILES string of the molecule is C#C[C@]1(CO)O[C@@H](n2ccc3c(N)nc(Cl)nc32)C[C@@H]1CCCCCCOC(=O)O. The van der Waals surface area contributed by atoms with Gasteiger partial charge in [0.2, 0.25) is 5.28 Å². The molecule has 0 amide bonds. The fraction of sp³-hybridized carbons (Fsp3) is 0.550. The standard InChI is InChI=1S/C20H25ClN4O5/c1-2-20(12-26)13(7-5-3-4-6-10-29-19(27)28)11-15(30-20)25-9-8-14-16(22)23-18(21)24-17(14)25/h1,8-9,13,15,26H,3-7,10-12H2,(H,27,28)(H2,22,23,24)/t13-,15+,20+/m0/s1. The van der Waals surface area contributed by atoms with Crippen molar-refractivity contribution in [3.63, 3.8) is 0 Å². The lowest BCUT2D eigenvalue weighted by molar-refractivity contribution is -0.0742. The van der Waals surface area contributed by atoms with Gasteiger partial charge in [0.05, 0.1) is 18.6 Å². The summed E-state index contributed by atoms with van der Waals surface area (Å²) >= 11 is 5.97. The summed E-state index contributed by atoms with van der Waals surface area (Å²) in [5.41, 5.74) is 5.41. The number of unbranched alkanes of at least 4 members (excludes halogenated alkanes) is 3. The molecule has 0 saturated carbocycles. The molecule has 162 valence electrons. The molecule has 0 unspecified atom stereocenters. The Labute approximate surface area is 179 Å². The smallest absolute Gasteiger partial charge is 0.450 e. The number of aliphatic hydroxyl groups is 1. The van der Waals surface area contributed by atoms with Gasteiger partial charge in [0, 0.05) is 12.1 Å². The number of terminal acetylenes is 1. The van der Waals surface area contributed by atoms with Crippen LogP contribution >= 0.6 is 11.6 Å². The molecule has 0 bridgehead atoms. The first-order chi connectivity index (χ1) is 14.4. The van der Waals surface area contributed by atoms with Gasteiger partial charge in [0.25, 0.3) is 0 Å². The summed E-state index contributed by atoms with van der Waals surface area (Å²) in [7, 11) is 0. The largest absolute Gasteiger partial charge is 0.505 e. The van der Waals surface area contributed by atoms with Crippen LogP contribution in [0.25, 0.3) is 11.0 Å². The molecule has 0 radical (unpaired) electrons. The predicted molar refractivity (Wildman–Crippen MR) is 111 cm³/mol. The highest BCUT2D eigenvalue weighted by atomic mass is 35.5. The van der Waals surface area contributed by atoms with E-state index < -0.39 is 18.0 Å². The maximum atomic E-state index is 10.3. The molecule has 2 aromatic heterocycles. The number of nitrogen functional groups attached to an aromatic ring is 1. The minimum absolute atomic E-state index is 0.0418. The molecule has 9 nitrogen and oxygen atoms in total. The summed E-state index contributed by atoms with van der Waals surface area (Å²) in [4.78, 5) is 18.6. The van der Waals surface area contributed by atoms with E-state index in [1.807, 2.05) is 4.57 Å². The first-order valence-electron chi connectivity index (χ1n) is 9.82. The Morgan fingerprint density at radius 2 is 2.20 bits per heavy atom. The van der Waals surface area contributed by atoms with Crippen LogP contribution < -0.4 is 5.73 Å². The van der Waals surface area contributed by atoms with Gasteiger partial charge in [-0.15, -0.1) is 6.42 Å². The molecule has 0 aliphatic carbocycles. The number of anilines is 1. The summed E-state index contributed by atoms with van der Waals surface area (Å²) in [6.07, 6.45) is 10.6. The average molecular weight is 437 g/mol. The number of rotatable bonds is 9. The van der Waals surface area contributed by atoms with Crippen molar-refractivity contribution in [3.05, 3.63) is 17.5 Å². The Morgan fingerprint density at radius 1 is 1.43 bits per heavy atom. The highest BCUT2D eigenvalue weighted by Gasteiger charge is 2.47. The first kappa shape index (κ1) is 22.2. The van der Waals surface area contributed by atoms with E-state index in [0.29, 0.717) is 23.9 Å². The number of nitrogens with two attached hydrogens (primary N) is 1. The summed E-state index contributed by atoms with van der Waals surface area (Å²) < 4.78 is 12.5. The Balaban J connectivity index is 1.66. The maximum Gasteiger partial charge on any atom is 0.505 e. The third kappa shape index (κ3) is 4.61. The normalized spacial score (nSPS) is 23.5. The number of aromatic nitrogens is 3. The second-order valence-electron chi connectivity index (χ2n) is 7.35. The van der Waals surface area contributed by atoms with Crippen molar-refractivity contribution >= 4 is 34.6 Å². The zero-order valence-corrected chi connectivity index (χ0v) is 17.2. The van der Waals surface area contributed by atoms with E-state index in [9.17, 15) is 9.90 Å². The summed E-state index contributed by atoms with van der Waals surface area (Å²) in [5, 5.41) is 19.2. The zero-order valence-electron chi connectivity index (χ0n) is 16.5. The third-order valence-corrected chi connectivity index (χ3v) is 5.70. The fourth-order valence-corrected chi connectivity index (χ4v) is 4.14.